The first-order chi connectivity index (χ1) is 19.6. The summed E-state index contributed by atoms with van der Waals surface area (Å²) in [5.41, 5.74) is 2.66. The fourth-order valence-corrected chi connectivity index (χ4v) is 4.89. The zero-order chi connectivity index (χ0) is 29.1. The third-order valence-corrected chi connectivity index (χ3v) is 7.38. The molecule has 9 heteroatoms. The van der Waals surface area contributed by atoms with Gasteiger partial charge in [0.25, 0.3) is 5.56 Å². The van der Waals surface area contributed by atoms with Crippen LogP contribution in [-0.4, -0.2) is 58.8 Å². The predicted octanol–water partition coefficient (Wildman–Crippen LogP) is 4.82. The number of fused-ring (bicyclic) bond motifs is 1. The highest BCUT2D eigenvalue weighted by Crippen LogP contribution is 2.34. The first kappa shape index (κ1) is 28.3. The van der Waals surface area contributed by atoms with Gasteiger partial charge in [-0.05, 0) is 61.0 Å². The van der Waals surface area contributed by atoms with E-state index in [1.54, 1.807) is 42.5 Å². The van der Waals surface area contributed by atoms with E-state index in [2.05, 4.69) is 26.7 Å². The van der Waals surface area contributed by atoms with Crippen molar-refractivity contribution in [3.8, 4) is 11.8 Å². The number of aromatic amines is 1. The van der Waals surface area contributed by atoms with Crippen LogP contribution >= 0.6 is 0 Å². The van der Waals surface area contributed by atoms with Crippen molar-refractivity contribution in [2.24, 2.45) is 0 Å². The van der Waals surface area contributed by atoms with Gasteiger partial charge in [0, 0.05) is 55.8 Å². The largest absolute Gasteiger partial charge is 0.416 e. The van der Waals surface area contributed by atoms with Crippen LogP contribution in [0.5, 0.6) is 0 Å². The number of hydrogen-bond acceptors (Lipinski definition) is 5. The number of hydrogen-bond donors (Lipinski definition) is 1. The van der Waals surface area contributed by atoms with Crippen LogP contribution in [0.25, 0.3) is 10.9 Å². The van der Waals surface area contributed by atoms with Gasteiger partial charge in [-0.2, -0.15) is 13.2 Å². The molecule has 1 fully saturated rings. The van der Waals surface area contributed by atoms with E-state index in [4.69, 9.17) is 0 Å². The SMILES string of the molecule is Cc1ccc(C(=O)Cc2ccc(CN3CCN(C)CC3)c(C(F)(F)F)c2)cc1C#Cc1ccc2c(=O)[nH]cnc2c1. The number of rotatable bonds is 5. The van der Waals surface area contributed by atoms with Crippen LogP contribution in [0.4, 0.5) is 13.2 Å². The molecular formula is C32H29F3N4O2. The molecule has 6 nitrogen and oxygen atoms in total. The van der Waals surface area contributed by atoms with Crippen LogP contribution in [-0.2, 0) is 19.1 Å². The van der Waals surface area contributed by atoms with Gasteiger partial charge in [-0.1, -0.05) is 36.1 Å². The maximum Gasteiger partial charge on any atom is 0.416 e. The highest BCUT2D eigenvalue weighted by atomic mass is 19.4. The molecule has 1 aliphatic heterocycles. The Morgan fingerprint density at radius 2 is 1.78 bits per heavy atom. The van der Waals surface area contributed by atoms with Crippen molar-refractivity contribution in [1.82, 2.24) is 19.8 Å². The normalized spacial score (nSPS) is 14.6. The second-order valence-electron chi connectivity index (χ2n) is 10.4. The van der Waals surface area contributed by atoms with Crippen molar-refractivity contribution in [1.29, 1.82) is 0 Å². The van der Waals surface area contributed by atoms with Gasteiger partial charge in [0.05, 0.1) is 22.8 Å². The number of halogens is 3. The molecule has 5 rings (SSSR count). The third-order valence-electron chi connectivity index (χ3n) is 7.38. The minimum absolute atomic E-state index is 0.154. The van der Waals surface area contributed by atoms with Gasteiger partial charge >= 0.3 is 6.18 Å². The highest BCUT2D eigenvalue weighted by Gasteiger charge is 2.34. The number of aryl methyl sites for hydroxylation is 1. The quantitative estimate of drug-likeness (QED) is 0.281. The molecule has 0 amide bonds. The summed E-state index contributed by atoms with van der Waals surface area (Å²) >= 11 is 0. The lowest BCUT2D eigenvalue weighted by molar-refractivity contribution is -0.138. The van der Waals surface area contributed by atoms with Crippen molar-refractivity contribution in [3.63, 3.8) is 0 Å². The molecule has 0 atom stereocenters. The Morgan fingerprint density at radius 3 is 2.54 bits per heavy atom. The minimum Gasteiger partial charge on any atom is -0.313 e. The molecule has 1 N–H and O–H groups in total. The van der Waals surface area contributed by atoms with E-state index in [1.165, 1.54) is 12.4 Å². The van der Waals surface area contributed by atoms with Crippen LogP contribution in [0.2, 0.25) is 0 Å². The highest BCUT2D eigenvalue weighted by molar-refractivity contribution is 5.98. The molecule has 0 unspecified atom stereocenters. The molecule has 1 aliphatic rings. The molecular weight excluding hydrogens is 529 g/mol. The van der Waals surface area contributed by atoms with E-state index in [9.17, 15) is 22.8 Å². The molecule has 0 spiro atoms. The zero-order valence-corrected chi connectivity index (χ0v) is 22.8. The number of Topliss-reactive ketones (excluding diaryl/α,β-unsaturated/α-hetero) is 1. The molecule has 0 radical (unpaired) electrons. The number of carbonyl (C=O) groups is 1. The lowest BCUT2D eigenvalue weighted by Gasteiger charge is -2.33. The van der Waals surface area contributed by atoms with Crippen LogP contribution in [0.15, 0.2) is 65.7 Å². The molecule has 2 heterocycles. The van der Waals surface area contributed by atoms with Gasteiger partial charge in [-0.3, -0.25) is 14.5 Å². The fourth-order valence-electron chi connectivity index (χ4n) is 4.89. The molecule has 1 aromatic heterocycles. The standard InChI is InChI=1S/C32H29F3N4O2/c1-21-3-7-25(18-24(21)8-4-22-6-10-27-29(16-22)36-20-37-31(27)41)30(40)17-23-5-9-26(28(15-23)32(33,34)35)19-39-13-11-38(2)12-14-39/h3,5-7,9-10,15-16,18,20H,11-14,17,19H2,1-2H3,(H,36,37,41). The van der Waals surface area contributed by atoms with Crippen LogP contribution in [0.3, 0.4) is 0 Å². The van der Waals surface area contributed by atoms with E-state index in [0.29, 0.717) is 46.2 Å². The van der Waals surface area contributed by atoms with E-state index >= 15 is 0 Å². The number of nitrogens with one attached hydrogen (secondary N) is 1. The smallest absolute Gasteiger partial charge is 0.313 e. The summed E-state index contributed by atoms with van der Waals surface area (Å²) < 4.78 is 42.0. The van der Waals surface area contributed by atoms with Gasteiger partial charge in [0.15, 0.2) is 5.78 Å². The number of carbonyl (C=O) groups excluding carboxylic acids is 1. The van der Waals surface area contributed by atoms with Crippen LogP contribution in [0.1, 0.15) is 43.7 Å². The molecule has 1 saturated heterocycles. The van der Waals surface area contributed by atoms with Gasteiger partial charge in [-0.25, -0.2) is 4.98 Å². The topological polar surface area (TPSA) is 69.3 Å². The first-order valence-electron chi connectivity index (χ1n) is 13.3. The number of benzene rings is 3. The number of H-pyrrole nitrogens is 1. The number of ketones is 1. The molecule has 0 saturated carbocycles. The summed E-state index contributed by atoms with van der Waals surface area (Å²) in [6, 6.07) is 14.4. The summed E-state index contributed by atoms with van der Waals surface area (Å²) in [6.45, 7) is 5.15. The lowest BCUT2D eigenvalue weighted by Crippen LogP contribution is -2.44. The molecule has 41 heavy (non-hydrogen) atoms. The second-order valence-corrected chi connectivity index (χ2v) is 10.4. The Hall–Kier alpha value is -4.26. The Kier molecular flexibility index (Phi) is 8.06. The van der Waals surface area contributed by atoms with Gasteiger partial charge in [0.1, 0.15) is 0 Å². The van der Waals surface area contributed by atoms with E-state index < -0.39 is 11.7 Å². The van der Waals surface area contributed by atoms with Gasteiger partial charge < -0.3 is 9.88 Å². The Balaban J connectivity index is 1.35. The number of piperazine rings is 1. The van der Waals surface area contributed by atoms with Gasteiger partial charge in [0.2, 0.25) is 0 Å². The Bertz CT molecular complexity index is 1730. The van der Waals surface area contributed by atoms with Crippen molar-refractivity contribution in [3.05, 3.63) is 110 Å². The van der Waals surface area contributed by atoms with E-state index in [1.807, 2.05) is 18.9 Å². The third kappa shape index (κ3) is 6.73. The van der Waals surface area contributed by atoms with E-state index in [-0.39, 0.29) is 29.9 Å². The Morgan fingerprint density at radius 1 is 1.00 bits per heavy atom. The first-order valence-corrected chi connectivity index (χ1v) is 13.3. The summed E-state index contributed by atoms with van der Waals surface area (Å²) in [6.07, 6.45) is -3.34. The zero-order valence-electron chi connectivity index (χ0n) is 22.8. The fraction of sp³-hybridized carbons (Fsp3) is 0.281. The maximum atomic E-state index is 14.0. The maximum absolute atomic E-state index is 14.0. The Labute approximate surface area is 235 Å². The van der Waals surface area contributed by atoms with E-state index in [0.717, 1.165) is 24.7 Å². The van der Waals surface area contributed by atoms with Crippen LogP contribution in [0, 0.1) is 18.8 Å². The number of nitrogens with zero attached hydrogens (tertiary/aromatic N) is 3. The van der Waals surface area contributed by atoms with Gasteiger partial charge in [-0.15, -0.1) is 0 Å². The van der Waals surface area contributed by atoms with Crippen LogP contribution < -0.4 is 5.56 Å². The second kappa shape index (κ2) is 11.7. The predicted molar refractivity (Wildman–Crippen MR) is 152 cm³/mol. The molecule has 0 aliphatic carbocycles. The number of likely N-dealkylation sites (N-methyl/N-ethyl adjacent to an activating group) is 1. The van der Waals surface area contributed by atoms with Crippen molar-refractivity contribution >= 4 is 16.7 Å². The summed E-state index contributed by atoms with van der Waals surface area (Å²) in [7, 11) is 2.00. The number of aromatic nitrogens is 2. The summed E-state index contributed by atoms with van der Waals surface area (Å²) in [5.74, 6) is 5.83. The molecule has 4 aromatic rings. The molecule has 210 valence electrons. The number of alkyl halides is 3. The lowest BCUT2D eigenvalue weighted by atomic mass is 9.96. The summed E-state index contributed by atoms with van der Waals surface area (Å²) in [5, 5.41) is 0.461. The summed E-state index contributed by atoms with van der Waals surface area (Å²) in [4.78, 5) is 35.9. The average molecular weight is 559 g/mol. The average Bonchev–Trinajstić information content (AvgIpc) is 2.94. The van der Waals surface area contributed by atoms with Crippen molar-refractivity contribution in [2.45, 2.75) is 26.1 Å². The van der Waals surface area contributed by atoms with Crippen molar-refractivity contribution in [2.75, 3.05) is 33.2 Å². The van der Waals surface area contributed by atoms with Crippen molar-refractivity contribution < 1.29 is 18.0 Å². The molecule has 0 bridgehead atoms. The minimum atomic E-state index is -4.51. The monoisotopic (exact) mass is 558 g/mol. The molecule has 3 aromatic carbocycles.